The highest BCUT2D eigenvalue weighted by Crippen LogP contribution is 2.36. The van der Waals surface area contributed by atoms with Crippen LogP contribution in [0.1, 0.15) is 48.0 Å². The van der Waals surface area contributed by atoms with Gasteiger partial charge in [-0.1, -0.05) is 24.6 Å². The van der Waals surface area contributed by atoms with E-state index in [1.165, 1.54) is 5.57 Å². The third kappa shape index (κ3) is 4.39. The Morgan fingerprint density at radius 2 is 1.65 bits per heavy atom. The maximum absolute atomic E-state index is 6.06. The minimum Gasteiger partial charge on any atom is -0.493 e. The van der Waals surface area contributed by atoms with Crippen LogP contribution in [0, 0.1) is 5.92 Å². The van der Waals surface area contributed by atoms with Crippen LogP contribution in [0.4, 0.5) is 0 Å². The van der Waals surface area contributed by atoms with Gasteiger partial charge < -0.3 is 14.0 Å². The molecule has 0 N–H and O–H groups in total. The third-order valence-corrected chi connectivity index (χ3v) is 4.64. The average Bonchev–Trinajstić information content (AvgIpc) is 2.65. The monoisotopic (exact) mass is 316 g/mol. The summed E-state index contributed by atoms with van der Waals surface area (Å²) in [6.45, 7) is 17.1. The first-order valence-electron chi connectivity index (χ1n) is 8.33. The van der Waals surface area contributed by atoms with Gasteiger partial charge in [0, 0.05) is 0 Å². The van der Waals surface area contributed by atoms with E-state index in [0.29, 0.717) is 12.5 Å². The summed E-state index contributed by atoms with van der Waals surface area (Å²) in [5, 5.41) is 0. The molecule has 1 aliphatic heterocycles. The van der Waals surface area contributed by atoms with Crippen LogP contribution in [-0.2, 0) is 9.31 Å². The number of ether oxygens (including phenoxy) is 1. The van der Waals surface area contributed by atoms with Gasteiger partial charge in [0.05, 0.1) is 17.8 Å². The predicted octanol–water partition coefficient (Wildman–Crippen LogP) is 3.97. The van der Waals surface area contributed by atoms with Gasteiger partial charge in [-0.15, -0.1) is 6.58 Å². The van der Waals surface area contributed by atoms with Crippen LogP contribution in [0.25, 0.3) is 0 Å². The summed E-state index contributed by atoms with van der Waals surface area (Å²) >= 11 is 0. The Bertz CT molecular complexity index is 532. The van der Waals surface area contributed by atoms with Crippen LogP contribution in [0.2, 0.25) is 0 Å². The fourth-order valence-corrected chi connectivity index (χ4v) is 2.59. The first-order chi connectivity index (χ1) is 10.6. The zero-order chi connectivity index (χ0) is 17.3. The molecule has 0 bridgehead atoms. The second-order valence-electron chi connectivity index (χ2n) is 7.73. The summed E-state index contributed by atoms with van der Waals surface area (Å²) in [7, 11) is -0.323. The molecule has 1 aliphatic rings. The van der Waals surface area contributed by atoms with Crippen LogP contribution in [0.5, 0.6) is 5.75 Å². The molecular formula is C19H29BO3. The van der Waals surface area contributed by atoms with Crippen molar-refractivity contribution in [1.29, 1.82) is 0 Å². The minimum atomic E-state index is -0.323. The molecule has 0 aromatic heterocycles. The molecule has 1 aromatic rings. The molecule has 0 amide bonds. The second kappa shape index (κ2) is 6.70. The molecule has 0 spiro atoms. The molecule has 1 unspecified atom stereocenters. The quantitative estimate of drug-likeness (QED) is 0.587. The number of rotatable bonds is 6. The maximum Gasteiger partial charge on any atom is 0.494 e. The van der Waals surface area contributed by atoms with Gasteiger partial charge >= 0.3 is 7.12 Å². The zero-order valence-corrected chi connectivity index (χ0v) is 15.3. The van der Waals surface area contributed by atoms with Crippen molar-refractivity contribution in [2.45, 2.75) is 59.2 Å². The Balaban J connectivity index is 1.94. The van der Waals surface area contributed by atoms with Crippen molar-refractivity contribution in [1.82, 2.24) is 0 Å². The summed E-state index contributed by atoms with van der Waals surface area (Å²) in [5.74, 6) is 1.34. The lowest BCUT2D eigenvalue weighted by molar-refractivity contribution is 0.00578. The van der Waals surface area contributed by atoms with Crippen LogP contribution in [0.3, 0.4) is 0 Å². The largest absolute Gasteiger partial charge is 0.494 e. The Kier molecular flexibility index (Phi) is 5.27. The Labute approximate surface area is 141 Å². The zero-order valence-electron chi connectivity index (χ0n) is 15.3. The third-order valence-electron chi connectivity index (χ3n) is 4.64. The lowest BCUT2D eigenvalue weighted by Crippen LogP contribution is -2.41. The highest BCUT2D eigenvalue weighted by molar-refractivity contribution is 6.62. The van der Waals surface area contributed by atoms with E-state index in [1.807, 2.05) is 24.3 Å². The highest BCUT2D eigenvalue weighted by Gasteiger charge is 2.51. The molecule has 1 atom stereocenters. The Morgan fingerprint density at radius 3 is 2.13 bits per heavy atom. The van der Waals surface area contributed by atoms with Gasteiger partial charge in [0.1, 0.15) is 5.75 Å². The van der Waals surface area contributed by atoms with E-state index in [4.69, 9.17) is 14.0 Å². The minimum absolute atomic E-state index is 0.315. The number of hydrogen-bond donors (Lipinski definition) is 0. The van der Waals surface area contributed by atoms with E-state index in [-0.39, 0.29) is 18.3 Å². The van der Waals surface area contributed by atoms with Crippen molar-refractivity contribution < 1.29 is 14.0 Å². The summed E-state index contributed by atoms with van der Waals surface area (Å²) in [6.07, 6.45) is 0.992. The molecule has 1 aromatic carbocycles. The van der Waals surface area contributed by atoms with E-state index in [1.54, 1.807) is 0 Å². The molecule has 23 heavy (non-hydrogen) atoms. The van der Waals surface area contributed by atoms with Crippen LogP contribution in [-0.4, -0.2) is 24.9 Å². The molecule has 3 nitrogen and oxygen atoms in total. The van der Waals surface area contributed by atoms with Crippen molar-refractivity contribution in [3.63, 3.8) is 0 Å². The highest BCUT2D eigenvalue weighted by atomic mass is 16.7. The maximum atomic E-state index is 6.06. The summed E-state index contributed by atoms with van der Waals surface area (Å²) in [6, 6.07) is 7.99. The molecule has 1 heterocycles. The number of benzene rings is 1. The van der Waals surface area contributed by atoms with Crippen LogP contribution in [0.15, 0.2) is 36.4 Å². The molecule has 0 aliphatic carbocycles. The van der Waals surface area contributed by atoms with E-state index >= 15 is 0 Å². The van der Waals surface area contributed by atoms with E-state index in [9.17, 15) is 0 Å². The van der Waals surface area contributed by atoms with Gasteiger partial charge in [0.15, 0.2) is 0 Å². The molecule has 0 radical (unpaired) electrons. The fourth-order valence-electron chi connectivity index (χ4n) is 2.59. The summed E-state index contributed by atoms with van der Waals surface area (Å²) in [4.78, 5) is 0. The normalized spacial score (nSPS) is 20.3. The van der Waals surface area contributed by atoms with Gasteiger partial charge in [-0.3, -0.25) is 0 Å². The average molecular weight is 316 g/mol. The smallest absolute Gasteiger partial charge is 0.493 e. The van der Waals surface area contributed by atoms with E-state index in [0.717, 1.165) is 17.6 Å². The van der Waals surface area contributed by atoms with Gasteiger partial charge in [-0.25, -0.2) is 0 Å². The van der Waals surface area contributed by atoms with E-state index in [2.05, 4.69) is 48.1 Å². The van der Waals surface area contributed by atoms with Gasteiger partial charge in [0.25, 0.3) is 0 Å². The van der Waals surface area contributed by atoms with Gasteiger partial charge in [0.2, 0.25) is 0 Å². The van der Waals surface area contributed by atoms with Crippen molar-refractivity contribution in [2.75, 3.05) is 6.61 Å². The first-order valence-corrected chi connectivity index (χ1v) is 8.33. The molecule has 4 heteroatoms. The second-order valence-corrected chi connectivity index (χ2v) is 7.73. The van der Waals surface area contributed by atoms with E-state index < -0.39 is 0 Å². The van der Waals surface area contributed by atoms with Crippen molar-refractivity contribution >= 4 is 12.6 Å². The SMILES string of the molecule is C=C(C)CC(C)COc1ccc(B2OC(C)(C)C(C)(C)O2)cc1. The van der Waals surface area contributed by atoms with Crippen molar-refractivity contribution in [3.05, 3.63) is 36.4 Å². The molecular weight excluding hydrogens is 287 g/mol. The van der Waals surface area contributed by atoms with Crippen molar-refractivity contribution in [3.8, 4) is 5.75 Å². The predicted molar refractivity (Wildman–Crippen MR) is 96.2 cm³/mol. The van der Waals surface area contributed by atoms with Gasteiger partial charge in [-0.05, 0) is 64.6 Å². The number of hydrogen-bond acceptors (Lipinski definition) is 3. The van der Waals surface area contributed by atoms with Crippen LogP contribution < -0.4 is 10.2 Å². The first kappa shape index (κ1) is 18.1. The molecule has 1 fully saturated rings. The lowest BCUT2D eigenvalue weighted by atomic mass is 9.79. The Morgan fingerprint density at radius 1 is 1.13 bits per heavy atom. The Hall–Kier alpha value is -1.26. The number of allylic oxidation sites excluding steroid dienone is 1. The molecule has 0 saturated carbocycles. The summed E-state index contributed by atoms with van der Waals surface area (Å²) in [5.41, 5.74) is 1.58. The topological polar surface area (TPSA) is 27.7 Å². The van der Waals surface area contributed by atoms with Crippen LogP contribution >= 0.6 is 0 Å². The summed E-state index contributed by atoms with van der Waals surface area (Å²) < 4.78 is 18.0. The standard InChI is InChI=1S/C19H29BO3/c1-14(2)12-15(3)13-21-17-10-8-16(9-11-17)20-22-18(4,5)19(6,7)23-20/h8-11,15H,1,12-13H2,2-7H3. The molecule has 2 rings (SSSR count). The van der Waals surface area contributed by atoms with Crippen molar-refractivity contribution in [2.24, 2.45) is 5.92 Å². The molecule has 1 saturated heterocycles. The van der Waals surface area contributed by atoms with Gasteiger partial charge in [-0.2, -0.15) is 0 Å². The molecule has 126 valence electrons. The lowest BCUT2D eigenvalue weighted by Gasteiger charge is -2.32. The fraction of sp³-hybridized carbons (Fsp3) is 0.579.